The number of benzene rings is 1. The third-order valence-electron chi connectivity index (χ3n) is 2.60. The molecule has 7 nitrogen and oxygen atoms in total. The van der Waals surface area contributed by atoms with Crippen LogP contribution in [0.4, 0.5) is 17.1 Å². The molecule has 0 atom stereocenters. The molecule has 7 heteroatoms. The van der Waals surface area contributed by atoms with Crippen molar-refractivity contribution in [2.24, 2.45) is 4.99 Å². The number of aliphatic imine (C=N–C) groups is 1. The normalized spacial score (nSPS) is 13.5. The number of ether oxygens (including phenoxy) is 2. The molecule has 0 aliphatic carbocycles. The fraction of sp³-hybridized carbons (Fsp3) is 0.300. The Hall–Kier alpha value is -2.15. The first kappa shape index (κ1) is 11.3. The molecule has 0 unspecified atom stereocenters. The lowest BCUT2D eigenvalue weighted by Gasteiger charge is -2.24. The number of fused-ring (bicyclic) bond motifs is 1. The summed E-state index contributed by atoms with van der Waals surface area (Å²) in [5.74, 6) is 0.803. The van der Waals surface area contributed by atoms with E-state index in [2.05, 4.69) is 4.99 Å². The van der Waals surface area contributed by atoms with Crippen LogP contribution < -0.4 is 20.9 Å². The lowest BCUT2D eigenvalue weighted by Crippen LogP contribution is -2.21. The smallest absolute Gasteiger partial charge is 0.170 e. The number of nitrogen functional groups attached to an aromatic ring is 2. The van der Waals surface area contributed by atoms with E-state index in [4.69, 9.17) is 20.9 Å². The highest BCUT2D eigenvalue weighted by atomic mass is 16.5. The largest absolute Gasteiger partial charge is 0.494 e. The second-order valence-corrected chi connectivity index (χ2v) is 3.56. The van der Waals surface area contributed by atoms with Crippen LogP contribution in [0, 0.1) is 0 Å². The number of methoxy groups -OCH3 is 2. The van der Waals surface area contributed by atoms with E-state index < -0.39 is 0 Å². The maximum atomic E-state index is 9.42. The van der Waals surface area contributed by atoms with Crippen LogP contribution in [0.5, 0.6) is 11.5 Å². The van der Waals surface area contributed by atoms with Gasteiger partial charge < -0.3 is 20.9 Å². The number of hydroxylamine groups is 2. The van der Waals surface area contributed by atoms with Gasteiger partial charge in [0, 0.05) is 5.56 Å². The van der Waals surface area contributed by atoms with E-state index in [1.807, 2.05) is 0 Å². The Morgan fingerprint density at radius 1 is 1.24 bits per heavy atom. The Morgan fingerprint density at radius 2 is 1.82 bits per heavy atom. The van der Waals surface area contributed by atoms with Gasteiger partial charge in [0.05, 0.1) is 20.8 Å². The van der Waals surface area contributed by atoms with Crippen molar-refractivity contribution < 1.29 is 14.7 Å². The van der Waals surface area contributed by atoms with Crippen molar-refractivity contribution in [2.45, 2.75) is 6.54 Å². The van der Waals surface area contributed by atoms with E-state index in [0.29, 0.717) is 22.7 Å². The summed E-state index contributed by atoms with van der Waals surface area (Å²) in [6.07, 6.45) is 1.28. The van der Waals surface area contributed by atoms with E-state index in [1.54, 1.807) is 0 Å². The summed E-state index contributed by atoms with van der Waals surface area (Å²) >= 11 is 0. The van der Waals surface area contributed by atoms with Crippen LogP contribution in [0.2, 0.25) is 0 Å². The fourth-order valence-corrected chi connectivity index (χ4v) is 1.83. The molecule has 0 bridgehead atoms. The summed E-state index contributed by atoms with van der Waals surface area (Å²) in [7, 11) is 2.97. The zero-order valence-electron chi connectivity index (χ0n) is 9.60. The maximum Gasteiger partial charge on any atom is 0.170 e. The summed E-state index contributed by atoms with van der Waals surface area (Å²) in [6, 6.07) is 0. The topological polar surface area (TPSA) is 106 Å². The minimum Gasteiger partial charge on any atom is -0.494 e. The number of hydrogen-bond donors (Lipinski definition) is 3. The van der Waals surface area contributed by atoms with Crippen LogP contribution >= 0.6 is 0 Å². The molecule has 2 rings (SSSR count). The molecular formula is C10H14N4O3. The highest BCUT2D eigenvalue weighted by molar-refractivity contribution is 5.89. The zero-order valence-corrected chi connectivity index (χ0v) is 9.60. The number of nitrogens with zero attached hydrogens (tertiary/aromatic N) is 2. The van der Waals surface area contributed by atoms with Gasteiger partial charge in [0.25, 0.3) is 0 Å². The Balaban J connectivity index is 2.74. The molecule has 0 saturated heterocycles. The molecule has 1 heterocycles. The van der Waals surface area contributed by atoms with Crippen LogP contribution in [0.15, 0.2) is 4.99 Å². The van der Waals surface area contributed by atoms with Gasteiger partial charge in [-0.15, -0.1) is 0 Å². The van der Waals surface area contributed by atoms with Crippen molar-refractivity contribution in [2.75, 3.05) is 25.7 Å². The molecule has 0 amide bonds. The molecule has 0 spiro atoms. The quantitative estimate of drug-likeness (QED) is 0.656. The highest BCUT2D eigenvalue weighted by Crippen LogP contribution is 2.48. The van der Waals surface area contributed by atoms with Gasteiger partial charge in [0.1, 0.15) is 23.4 Å². The number of hydrogen-bond acceptors (Lipinski definition) is 7. The van der Waals surface area contributed by atoms with E-state index in [9.17, 15) is 5.21 Å². The molecule has 5 N–H and O–H groups in total. The molecule has 1 aliphatic rings. The average Bonchev–Trinajstić information content (AvgIpc) is 2.32. The van der Waals surface area contributed by atoms with Crippen LogP contribution in [0.1, 0.15) is 5.56 Å². The molecule has 1 aromatic rings. The Labute approximate surface area is 98.2 Å². The second kappa shape index (κ2) is 4.02. The minimum absolute atomic E-state index is 0.211. The van der Waals surface area contributed by atoms with Crippen LogP contribution in [-0.4, -0.2) is 30.8 Å². The lowest BCUT2D eigenvalue weighted by atomic mass is 10.1. The highest BCUT2D eigenvalue weighted by Gasteiger charge is 2.25. The molecule has 0 aromatic heterocycles. The first-order chi connectivity index (χ1) is 8.10. The van der Waals surface area contributed by atoms with Gasteiger partial charge >= 0.3 is 0 Å². The molecule has 0 radical (unpaired) electrons. The van der Waals surface area contributed by atoms with Gasteiger partial charge in [-0.1, -0.05) is 0 Å². The molecule has 1 aliphatic heterocycles. The molecule has 0 fully saturated rings. The van der Waals surface area contributed by atoms with Crippen molar-refractivity contribution in [3.8, 4) is 11.5 Å². The lowest BCUT2D eigenvalue weighted by molar-refractivity contribution is -0.0184. The van der Waals surface area contributed by atoms with Crippen LogP contribution in [-0.2, 0) is 6.54 Å². The predicted octanol–water partition coefficient (Wildman–Crippen LogP) is 0.733. The molecule has 0 saturated carbocycles. The second-order valence-electron chi connectivity index (χ2n) is 3.56. The first-order valence-corrected chi connectivity index (χ1v) is 4.91. The monoisotopic (exact) mass is 238 g/mol. The summed E-state index contributed by atoms with van der Waals surface area (Å²) < 4.78 is 10.4. The minimum atomic E-state index is 0.211. The third-order valence-corrected chi connectivity index (χ3v) is 2.60. The summed E-state index contributed by atoms with van der Waals surface area (Å²) in [5.41, 5.74) is 13.4. The zero-order chi connectivity index (χ0) is 12.6. The number of nitrogens with two attached hydrogens (primary N) is 2. The van der Waals surface area contributed by atoms with Gasteiger partial charge in [-0.25, -0.2) is 10.1 Å². The summed E-state index contributed by atoms with van der Waals surface area (Å²) in [5, 5.41) is 10.3. The van der Waals surface area contributed by atoms with Crippen molar-refractivity contribution in [1.82, 2.24) is 5.06 Å². The third kappa shape index (κ3) is 1.60. The first-order valence-electron chi connectivity index (χ1n) is 4.91. The number of anilines is 2. The van der Waals surface area contributed by atoms with Gasteiger partial charge in [0.15, 0.2) is 11.5 Å². The molecule has 1 aromatic carbocycles. The van der Waals surface area contributed by atoms with Crippen molar-refractivity contribution in [3.63, 3.8) is 0 Å². The summed E-state index contributed by atoms with van der Waals surface area (Å²) in [4.78, 5) is 4.07. The Morgan fingerprint density at radius 3 is 2.41 bits per heavy atom. The van der Waals surface area contributed by atoms with Crippen molar-refractivity contribution >= 4 is 23.4 Å². The average molecular weight is 238 g/mol. The van der Waals surface area contributed by atoms with Crippen LogP contribution in [0.3, 0.4) is 0 Å². The van der Waals surface area contributed by atoms with Crippen molar-refractivity contribution in [3.05, 3.63) is 5.56 Å². The van der Waals surface area contributed by atoms with Gasteiger partial charge in [-0.3, -0.25) is 5.21 Å². The fourth-order valence-electron chi connectivity index (χ4n) is 1.83. The molecule has 17 heavy (non-hydrogen) atoms. The van der Waals surface area contributed by atoms with Gasteiger partial charge in [0.2, 0.25) is 0 Å². The Bertz CT molecular complexity index is 487. The SMILES string of the molecule is COc1c(N)c(N)c(OC)c2c1CN(O)C=N2. The van der Waals surface area contributed by atoms with Gasteiger partial charge in [-0.2, -0.15) is 0 Å². The number of rotatable bonds is 2. The van der Waals surface area contributed by atoms with E-state index in [0.717, 1.165) is 5.06 Å². The Kier molecular flexibility index (Phi) is 2.68. The summed E-state index contributed by atoms with van der Waals surface area (Å²) in [6.45, 7) is 0.211. The molecule has 92 valence electrons. The molecular weight excluding hydrogens is 224 g/mol. The predicted molar refractivity (Wildman–Crippen MR) is 63.9 cm³/mol. The van der Waals surface area contributed by atoms with E-state index >= 15 is 0 Å². The van der Waals surface area contributed by atoms with Crippen molar-refractivity contribution in [1.29, 1.82) is 0 Å². The standard InChI is InChI=1S/C10H14N4O3/c1-16-9-5-3-14(15)4-13-8(5)10(17-2)7(12)6(9)11/h4,15H,3,11-12H2,1-2H3. The van der Waals surface area contributed by atoms with E-state index in [-0.39, 0.29) is 17.9 Å². The van der Waals surface area contributed by atoms with E-state index in [1.165, 1.54) is 20.6 Å². The van der Waals surface area contributed by atoms with Gasteiger partial charge in [-0.05, 0) is 0 Å². The van der Waals surface area contributed by atoms with Crippen LogP contribution in [0.25, 0.3) is 0 Å². The maximum absolute atomic E-state index is 9.42.